The first-order chi connectivity index (χ1) is 16.4. The van der Waals surface area contributed by atoms with Crippen LogP contribution in [0.25, 0.3) is 0 Å². The minimum absolute atomic E-state index is 0.297. The fourth-order valence-corrected chi connectivity index (χ4v) is 6.51. The number of rotatable bonds is 4. The molecule has 0 bridgehead atoms. The summed E-state index contributed by atoms with van der Waals surface area (Å²) in [5.41, 5.74) is 9.90. The Morgan fingerprint density at radius 3 is 2.35 bits per heavy atom. The monoisotopic (exact) mass is 493 g/mol. The van der Waals surface area contributed by atoms with Gasteiger partial charge in [0.2, 0.25) is 0 Å². The highest BCUT2D eigenvalue weighted by Crippen LogP contribution is 2.50. The van der Waals surface area contributed by atoms with Gasteiger partial charge in [-0.3, -0.25) is 0 Å². The van der Waals surface area contributed by atoms with Crippen LogP contribution >= 0.6 is 23.4 Å². The lowest BCUT2D eigenvalue weighted by atomic mass is 9.76. The van der Waals surface area contributed by atoms with Gasteiger partial charge < -0.3 is 15.7 Å². The largest absolute Gasteiger partial charge is 0.383 e. The summed E-state index contributed by atoms with van der Waals surface area (Å²) in [6.45, 7) is 3.84. The van der Waals surface area contributed by atoms with Crippen molar-refractivity contribution in [2.75, 3.05) is 23.7 Å². The molecule has 0 atom stereocenters. The number of hydrogen-bond acceptors (Lipinski definition) is 7. The van der Waals surface area contributed by atoms with Gasteiger partial charge in [-0.25, -0.2) is 15.0 Å². The first-order valence-corrected chi connectivity index (χ1v) is 13.1. The normalized spacial score (nSPS) is 19.9. The van der Waals surface area contributed by atoms with Crippen LogP contribution in [-0.4, -0.2) is 33.1 Å². The molecule has 0 amide bonds. The molecule has 1 aliphatic heterocycles. The van der Waals surface area contributed by atoms with Gasteiger partial charge in [-0.2, -0.15) is 0 Å². The SMILES string of the molecule is Cc1nc(N2CCC3(CC2)Cc2ccccc2C3)c(C2(O)CC2)nc1Sc1ccnc(N)c1Cl. The fourth-order valence-electron chi connectivity index (χ4n) is 5.42. The molecule has 1 aromatic carbocycles. The number of nitrogens with two attached hydrogens (primary N) is 1. The molecule has 176 valence electrons. The molecule has 6 nitrogen and oxygen atoms in total. The van der Waals surface area contributed by atoms with Gasteiger partial charge in [-0.05, 0) is 68.1 Å². The number of fused-ring (bicyclic) bond motifs is 1. The van der Waals surface area contributed by atoms with E-state index in [1.807, 2.05) is 13.0 Å². The van der Waals surface area contributed by atoms with Crippen molar-refractivity contribution in [1.82, 2.24) is 15.0 Å². The smallest absolute Gasteiger partial charge is 0.153 e. The topological polar surface area (TPSA) is 88.2 Å². The Kier molecular flexibility index (Phi) is 5.28. The van der Waals surface area contributed by atoms with Gasteiger partial charge in [0.05, 0.1) is 10.7 Å². The summed E-state index contributed by atoms with van der Waals surface area (Å²) in [5, 5.41) is 12.3. The van der Waals surface area contributed by atoms with E-state index in [0.29, 0.717) is 21.9 Å². The van der Waals surface area contributed by atoms with Crippen LogP contribution in [0.15, 0.2) is 46.5 Å². The Morgan fingerprint density at radius 1 is 1.03 bits per heavy atom. The average Bonchev–Trinajstić information content (AvgIpc) is 3.47. The lowest BCUT2D eigenvalue weighted by molar-refractivity contribution is 0.145. The summed E-state index contributed by atoms with van der Waals surface area (Å²) < 4.78 is 0. The molecule has 0 radical (unpaired) electrons. The molecule has 1 spiro atoms. The standard InChI is InChI=1S/C26H28ClN5OS/c1-16-24(34-19-6-11-29-22(28)20(19)27)31-21(26(33)7-8-26)23(30-16)32-12-9-25(10-13-32)14-17-4-2-3-5-18(17)15-25/h2-6,11,33H,7-10,12-15H2,1H3,(H2,28,29). The van der Waals surface area contributed by atoms with Crippen LogP contribution in [-0.2, 0) is 18.4 Å². The molecule has 2 aliphatic carbocycles. The third-order valence-corrected chi connectivity index (χ3v) is 9.28. The zero-order valence-electron chi connectivity index (χ0n) is 19.2. The van der Waals surface area contributed by atoms with Crippen LogP contribution in [0.1, 0.15) is 48.2 Å². The van der Waals surface area contributed by atoms with Crippen LogP contribution < -0.4 is 10.6 Å². The molecule has 6 rings (SSSR count). The van der Waals surface area contributed by atoms with E-state index in [1.165, 1.54) is 35.7 Å². The average molecular weight is 494 g/mol. The fraction of sp³-hybridized carbons (Fsp3) is 0.423. The van der Waals surface area contributed by atoms with Crippen LogP contribution in [0.4, 0.5) is 11.6 Å². The van der Waals surface area contributed by atoms with Crippen molar-refractivity contribution in [2.24, 2.45) is 5.41 Å². The number of halogens is 1. The van der Waals surface area contributed by atoms with Gasteiger partial charge in [0.1, 0.15) is 22.1 Å². The number of nitrogens with zero attached hydrogens (tertiary/aromatic N) is 4. The van der Waals surface area contributed by atoms with E-state index in [-0.39, 0.29) is 0 Å². The van der Waals surface area contributed by atoms with Crippen molar-refractivity contribution in [3.05, 3.63) is 64.1 Å². The second kappa shape index (κ2) is 8.11. The van der Waals surface area contributed by atoms with Gasteiger partial charge in [0.15, 0.2) is 5.82 Å². The van der Waals surface area contributed by atoms with Crippen LogP contribution in [0, 0.1) is 12.3 Å². The van der Waals surface area contributed by atoms with Gasteiger partial charge in [0.25, 0.3) is 0 Å². The Balaban J connectivity index is 1.27. The number of aliphatic hydroxyl groups is 1. The zero-order valence-corrected chi connectivity index (χ0v) is 20.8. The van der Waals surface area contributed by atoms with Crippen molar-refractivity contribution in [1.29, 1.82) is 0 Å². The van der Waals surface area contributed by atoms with E-state index < -0.39 is 5.60 Å². The van der Waals surface area contributed by atoms with E-state index in [4.69, 9.17) is 27.3 Å². The molecular weight excluding hydrogens is 466 g/mol. The number of anilines is 2. The van der Waals surface area contributed by atoms with Crippen LogP contribution in [0.2, 0.25) is 5.02 Å². The first kappa shape index (κ1) is 22.1. The number of pyridine rings is 1. The molecule has 2 fully saturated rings. The first-order valence-electron chi connectivity index (χ1n) is 11.9. The molecular formula is C26H28ClN5OS. The number of piperidine rings is 1. The van der Waals surface area contributed by atoms with E-state index in [9.17, 15) is 5.11 Å². The molecule has 3 aromatic rings. The molecule has 3 N–H and O–H groups in total. The van der Waals surface area contributed by atoms with E-state index in [2.05, 4.69) is 34.1 Å². The van der Waals surface area contributed by atoms with Gasteiger partial charge in [-0.15, -0.1) is 0 Å². The molecule has 1 saturated carbocycles. The van der Waals surface area contributed by atoms with Crippen molar-refractivity contribution < 1.29 is 5.11 Å². The Morgan fingerprint density at radius 2 is 1.71 bits per heavy atom. The van der Waals surface area contributed by atoms with Crippen molar-refractivity contribution in [3.63, 3.8) is 0 Å². The number of nitrogen functional groups attached to an aromatic ring is 1. The number of aromatic nitrogens is 3. The maximum absolute atomic E-state index is 11.1. The quantitative estimate of drug-likeness (QED) is 0.532. The lowest BCUT2D eigenvalue weighted by Crippen LogP contribution is -2.42. The number of benzene rings is 1. The highest BCUT2D eigenvalue weighted by Gasteiger charge is 2.48. The zero-order chi connectivity index (χ0) is 23.5. The van der Waals surface area contributed by atoms with Crippen molar-refractivity contribution >= 4 is 35.0 Å². The summed E-state index contributed by atoms with van der Waals surface area (Å²) in [5.74, 6) is 1.14. The third-order valence-electron chi connectivity index (χ3n) is 7.63. The number of hydrogen-bond donors (Lipinski definition) is 2. The highest BCUT2D eigenvalue weighted by molar-refractivity contribution is 7.99. The second-order valence-electron chi connectivity index (χ2n) is 10.0. The van der Waals surface area contributed by atoms with Gasteiger partial charge in [0, 0.05) is 24.2 Å². The molecule has 1 saturated heterocycles. The lowest BCUT2D eigenvalue weighted by Gasteiger charge is -2.40. The van der Waals surface area contributed by atoms with Crippen molar-refractivity contribution in [3.8, 4) is 0 Å². The van der Waals surface area contributed by atoms with Crippen molar-refractivity contribution in [2.45, 2.75) is 61.0 Å². The summed E-state index contributed by atoms with van der Waals surface area (Å²) in [7, 11) is 0. The minimum Gasteiger partial charge on any atom is -0.383 e. The van der Waals surface area contributed by atoms with Crippen LogP contribution in [0.5, 0.6) is 0 Å². The minimum atomic E-state index is -0.884. The molecule has 3 heterocycles. The Hall–Kier alpha value is -2.35. The predicted molar refractivity (Wildman–Crippen MR) is 135 cm³/mol. The molecule has 34 heavy (non-hydrogen) atoms. The van der Waals surface area contributed by atoms with E-state index in [0.717, 1.165) is 60.2 Å². The predicted octanol–water partition coefficient (Wildman–Crippen LogP) is 4.93. The molecule has 8 heteroatoms. The van der Waals surface area contributed by atoms with Crippen LogP contribution in [0.3, 0.4) is 0 Å². The molecule has 2 aromatic heterocycles. The molecule has 3 aliphatic rings. The Bertz CT molecular complexity index is 1240. The maximum Gasteiger partial charge on any atom is 0.153 e. The van der Waals surface area contributed by atoms with Gasteiger partial charge >= 0.3 is 0 Å². The number of aryl methyl sites for hydroxylation is 1. The van der Waals surface area contributed by atoms with E-state index in [1.54, 1.807) is 6.20 Å². The third kappa shape index (κ3) is 3.84. The van der Waals surface area contributed by atoms with E-state index >= 15 is 0 Å². The maximum atomic E-state index is 11.1. The highest BCUT2D eigenvalue weighted by atomic mass is 35.5. The summed E-state index contributed by atoms with van der Waals surface area (Å²) in [6, 6.07) is 10.7. The summed E-state index contributed by atoms with van der Waals surface area (Å²) in [6.07, 6.45) is 7.68. The Labute approximate surface area is 209 Å². The molecule has 0 unspecified atom stereocenters. The van der Waals surface area contributed by atoms with Gasteiger partial charge in [-0.1, -0.05) is 47.6 Å². The summed E-state index contributed by atoms with van der Waals surface area (Å²) >= 11 is 7.79. The summed E-state index contributed by atoms with van der Waals surface area (Å²) in [4.78, 5) is 17.1. The second-order valence-corrected chi connectivity index (χ2v) is 11.4.